The molecule has 4 nitrogen and oxygen atoms in total. The van der Waals surface area contributed by atoms with Crippen LogP contribution in [-0.4, -0.2) is 36.2 Å². The lowest BCUT2D eigenvalue weighted by molar-refractivity contribution is -0.123. The van der Waals surface area contributed by atoms with Crippen LogP contribution in [0.15, 0.2) is 18.2 Å². The first-order valence-corrected chi connectivity index (χ1v) is 7.09. The summed E-state index contributed by atoms with van der Waals surface area (Å²) in [6, 6.07) is 5.83. The molecule has 1 amide bonds. The highest BCUT2D eigenvalue weighted by Crippen LogP contribution is 2.17. The second-order valence-corrected chi connectivity index (χ2v) is 5.68. The van der Waals surface area contributed by atoms with Gasteiger partial charge in [0, 0.05) is 11.5 Å². The number of amides is 1. The first-order chi connectivity index (χ1) is 9.47. The van der Waals surface area contributed by atoms with Crippen molar-refractivity contribution < 1.29 is 9.59 Å². The number of rotatable bonds is 4. The molecule has 1 aromatic carbocycles. The summed E-state index contributed by atoms with van der Waals surface area (Å²) in [4.78, 5) is 25.5. The van der Waals surface area contributed by atoms with E-state index in [9.17, 15) is 9.59 Å². The molecule has 2 rings (SSSR count). The van der Waals surface area contributed by atoms with Gasteiger partial charge in [-0.3, -0.25) is 14.5 Å². The zero-order valence-corrected chi connectivity index (χ0v) is 12.2. The van der Waals surface area contributed by atoms with E-state index in [1.165, 1.54) is 5.56 Å². The molecule has 20 heavy (non-hydrogen) atoms. The SMILES string of the molecule is Cc1ccc(C(=O)CN2CCC(C(N)=O)CC2)cc1C. The Kier molecular flexibility index (Phi) is 4.55. The third kappa shape index (κ3) is 3.45. The van der Waals surface area contributed by atoms with Crippen LogP contribution in [0.3, 0.4) is 0 Å². The van der Waals surface area contributed by atoms with Gasteiger partial charge in [-0.25, -0.2) is 0 Å². The number of hydrogen-bond acceptors (Lipinski definition) is 3. The highest BCUT2D eigenvalue weighted by molar-refractivity contribution is 5.97. The average molecular weight is 274 g/mol. The Bertz CT molecular complexity index is 517. The molecule has 1 aromatic rings. The van der Waals surface area contributed by atoms with Gasteiger partial charge < -0.3 is 5.73 Å². The number of Topliss-reactive ketones (excluding diaryl/α,β-unsaturated/α-hetero) is 1. The van der Waals surface area contributed by atoms with Crippen molar-refractivity contribution in [1.82, 2.24) is 4.90 Å². The molecule has 0 spiro atoms. The van der Waals surface area contributed by atoms with Gasteiger partial charge in [0.05, 0.1) is 6.54 Å². The third-order valence-electron chi connectivity index (χ3n) is 4.19. The van der Waals surface area contributed by atoms with Crippen molar-refractivity contribution in [2.75, 3.05) is 19.6 Å². The normalized spacial score (nSPS) is 17.1. The summed E-state index contributed by atoms with van der Waals surface area (Å²) >= 11 is 0. The van der Waals surface area contributed by atoms with Crippen molar-refractivity contribution in [3.63, 3.8) is 0 Å². The Hall–Kier alpha value is -1.68. The number of nitrogens with zero attached hydrogens (tertiary/aromatic N) is 1. The average Bonchev–Trinajstić information content (AvgIpc) is 2.42. The van der Waals surface area contributed by atoms with Crippen molar-refractivity contribution >= 4 is 11.7 Å². The minimum Gasteiger partial charge on any atom is -0.369 e. The molecular weight excluding hydrogens is 252 g/mol. The molecule has 2 N–H and O–H groups in total. The van der Waals surface area contributed by atoms with Crippen LogP contribution in [0.1, 0.15) is 34.3 Å². The maximum absolute atomic E-state index is 12.3. The summed E-state index contributed by atoms with van der Waals surface area (Å²) in [6.07, 6.45) is 1.52. The van der Waals surface area contributed by atoms with Crippen molar-refractivity contribution in [1.29, 1.82) is 0 Å². The Morgan fingerprint density at radius 3 is 2.40 bits per heavy atom. The van der Waals surface area contributed by atoms with Crippen LogP contribution in [0, 0.1) is 19.8 Å². The van der Waals surface area contributed by atoms with E-state index in [4.69, 9.17) is 5.73 Å². The van der Waals surface area contributed by atoms with Gasteiger partial charge in [0.25, 0.3) is 0 Å². The lowest BCUT2D eigenvalue weighted by atomic mass is 9.95. The first kappa shape index (κ1) is 14.7. The molecule has 0 aliphatic carbocycles. The molecule has 0 saturated carbocycles. The molecule has 1 aliphatic rings. The van der Waals surface area contributed by atoms with Gasteiger partial charge in [-0.2, -0.15) is 0 Å². The van der Waals surface area contributed by atoms with Crippen LogP contribution in [0.2, 0.25) is 0 Å². The third-order valence-corrected chi connectivity index (χ3v) is 4.19. The molecule has 0 aromatic heterocycles. The number of aryl methyl sites for hydroxylation is 2. The molecule has 0 radical (unpaired) electrons. The Morgan fingerprint density at radius 1 is 1.20 bits per heavy atom. The Labute approximate surface area is 119 Å². The molecule has 0 unspecified atom stereocenters. The van der Waals surface area contributed by atoms with E-state index in [1.54, 1.807) is 0 Å². The van der Waals surface area contributed by atoms with Gasteiger partial charge in [0.2, 0.25) is 5.91 Å². The number of nitrogens with two attached hydrogens (primary N) is 1. The molecule has 1 aliphatic heterocycles. The van der Waals surface area contributed by atoms with E-state index in [2.05, 4.69) is 4.90 Å². The van der Waals surface area contributed by atoms with Gasteiger partial charge in [0.1, 0.15) is 0 Å². The Balaban J connectivity index is 1.92. The summed E-state index contributed by atoms with van der Waals surface area (Å²) in [5.41, 5.74) is 8.42. The zero-order chi connectivity index (χ0) is 14.7. The highest BCUT2D eigenvalue weighted by atomic mass is 16.1. The smallest absolute Gasteiger partial charge is 0.220 e. The lowest BCUT2D eigenvalue weighted by Crippen LogP contribution is -2.40. The molecule has 4 heteroatoms. The molecule has 0 atom stereocenters. The predicted octanol–water partition coefficient (Wildman–Crippen LogP) is 1.68. The van der Waals surface area contributed by atoms with Gasteiger partial charge in [-0.15, -0.1) is 0 Å². The van der Waals surface area contributed by atoms with Crippen LogP contribution in [0.25, 0.3) is 0 Å². The van der Waals surface area contributed by atoms with Crippen molar-refractivity contribution in [3.05, 3.63) is 34.9 Å². The summed E-state index contributed by atoms with van der Waals surface area (Å²) in [5, 5.41) is 0. The van der Waals surface area contributed by atoms with Crippen LogP contribution >= 0.6 is 0 Å². The first-order valence-electron chi connectivity index (χ1n) is 7.09. The molecule has 1 fully saturated rings. The molecule has 1 heterocycles. The molecular formula is C16H22N2O2. The monoisotopic (exact) mass is 274 g/mol. The van der Waals surface area contributed by atoms with E-state index in [0.717, 1.165) is 37.1 Å². The van der Waals surface area contributed by atoms with Crippen LogP contribution in [0.5, 0.6) is 0 Å². The largest absolute Gasteiger partial charge is 0.369 e. The maximum atomic E-state index is 12.3. The summed E-state index contributed by atoms with van der Waals surface area (Å²) in [5.74, 6) is -0.0984. The zero-order valence-electron chi connectivity index (χ0n) is 12.2. The molecule has 108 valence electrons. The summed E-state index contributed by atoms with van der Waals surface area (Å²) < 4.78 is 0. The minimum absolute atomic E-state index is 0.0250. The van der Waals surface area contributed by atoms with Gasteiger partial charge in [0.15, 0.2) is 5.78 Å². The number of likely N-dealkylation sites (tertiary alicyclic amines) is 1. The Morgan fingerprint density at radius 2 is 1.85 bits per heavy atom. The van der Waals surface area contributed by atoms with Crippen LogP contribution in [-0.2, 0) is 4.79 Å². The van der Waals surface area contributed by atoms with Crippen LogP contribution in [0.4, 0.5) is 0 Å². The quantitative estimate of drug-likeness (QED) is 0.850. The molecule has 1 saturated heterocycles. The van der Waals surface area contributed by atoms with Gasteiger partial charge in [-0.1, -0.05) is 12.1 Å². The lowest BCUT2D eigenvalue weighted by Gasteiger charge is -2.29. The molecule has 0 bridgehead atoms. The number of carbonyl (C=O) groups excluding carboxylic acids is 2. The minimum atomic E-state index is -0.217. The van der Waals surface area contributed by atoms with Crippen LogP contribution < -0.4 is 5.73 Å². The van der Waals surface area contributed by atoms with E-state index in [1.807, 2.05) is 32.0 Å². The summed E-state index contributed by atoms with van der Waals surface area (Å²) in [7, 11) is 0. The number of benzene rings is 1. The fourth-order valence-electron chi connectivity index (χ4n) is 2.58. The fourth-order valence-corrected chi connectivity index (χ4v) is 2.58. The van der Waals surface area contributed by atoms with Crippen molar-refractivity contribution in [2.45, 2.75) is 26.7 Å². The number of ketones is 1. The van der Waals surface area contributed by atoms with Gasteiger partial charge >= 0.3 is 0 Å². The van der Waals surface area contributed by atoms with E-state index < -0.39 is 0 Å². The maximum Gasteiger partial charge on any atom is 0.220 e. The number of primary amides is 1. The van der Waals surface area contributed by atoms with Crippen molar-refractivity contribution in [3.8, 4) is 0 Å². The standard InChI is InChI=1S/C16H22N2O2/c1-11-3-4-14(9-12(11)2)15(19)10-18-7-5-13(6-8-18)16(17)20/h3-4,9,13H,5-8,10H2,1-2H3,(H2,17,20). The predicted molar refractivity (Wildman–Crippen MR) is 78.6 cm³/mol. The fraction of sp³-hybridized carbons (Fsp3) is 0.500. The van der Waals surface area contributed by atoms with E-state index in [0.29, 0.717) is 6.54 Å². The number of piperidine rings is 1. The topological polar surface area (TPSA) is 63.4 Å². The highest BCUT2D eigenvalue weighted by Gasteiger charge is 2.24. The second kappa shape index (κ2) is 6.18. The second-order valence-electron chi connectivity index (χ2n) is 5.68. The number of carbonyl (C=O) groups is 2. The van der Waals surface area contributed by atoms with Gasteiger partial charge in [-0.05, 0) is 57.0 Å². The van der Waals surface area contributed by atoms with Crippen molar-refractivity contribution in [2.24, 2.45) is 11.7 Å². The van der Waals surface area contributed by atoms with E-state index in [-0.39, 0.29) is 17.6 Å². The van der Waals surface area contributed by atoms with E-state index >= 15 is 0 Å². The number of hydrogen-bond donors (Lipinski definition) is 1. The summed E-state index contributed by atoms with van der Waals surface area (Å²) in [6.45, 7) is 6.02.